The van der Waals surface area contributed by atoms with Gasteiger partial charge < -0.3 is 19.9 Å². The lowest BCUT2D eigenvalue weighted by Gasteiger charge is -2.16. The molecule has 0 aliphatic heterocycles. The van der Waals surface area contributed by atoms with E-state index in [9.17, 15) is 4.79 Å². The number of nitrogens with one attached hydrogen (secondary N) is 1. The molecule has 0 heterocycles. The lowest BCUT2D eigenvalue weighted by molar-refractivity contribution is -0.137. The Balaban J connectivity index is 2.93. The Morgan fingerprint density at radius 2 is 2.12 bits per heavy atom. The number of aliphatic carboxylic acids is 1. The molecule has 1 aromatic carbocycles. The number of ether oxygens (including phenoxy) is 2. The second-order valence-electron chi connectivity index (χ2n) is 3.51. The van der Waals surface area contributed by atoms with Crippen LogP contribution in [-0.4, -0.2) is 31.3 Å². The Morgan fingerprint density at radius 3 is 2.59 bits per heavy atom. The molecule has 0 aliphatic rings. The van der Waals surface area contributed by atoms with Crippen LogP contribution in [0.5, 0.6) is 11.5 Å². The van der Waals surface area contributed by atoms with Crippen LogP contribution in [0.2, 0.25) is 0 Å². The lowest BCUT2D eigenvalue weighted by atomic mass is 10.2. The maximum Gasteiger partial charge on any atom is 0.326 e. The van der Waals surface area contributed by atoms with E-state index in [1.54, 1.807) is 25.3 Å². The SMILES string of the molecule is CC[C@@H](Nc1ccc(OC)cc1OC)C(=O)O. The van der Waals surface area contributed by atoms with Crippen LogP contribution in [0.15, 0.2) is 18.2 Å². The fourth-order valence-electron chi connectivity index (χ4n) is 1.44. The quantitative estimate of drug-likeness (QED) is 0.794. The van der Waals surface area contributed by atoms with Gasteiger partial charge in [0.05, 0.1) is 19.9 Å². The minimum atomic E-state index is -0.884. The number of carboxylic acids is 1. The molecular formula is C12H17NO4. The first-order chi connectivity index (χ1) is 8.12. The summed E-state index contributed by atoms with van der Waals surface area (Å²) in [7, 11) is 3.09. The van der Waals surface area contributed by atoms with E-state index in [1.165, 1.54) is 7.11 Å². The van der Waals surface area contributed by atoms with Crippen molar-refractivity contribution in [3.63, 3.8) is 0 Å². The molecule has 1 atom stereocenters. The molecule has 0 saturated heterocycles. The summed E-state index contributed by atoms with van der Waals surface area (Å²) in [6.45, 7) is 1.81. The van der Waals surface area contributed by atoms with Crippen LogP contribution < -0.4 is 14.8 Å². The average molecular weight is 239 g/mol. The van der Waals surface area contributed by atoms with Gasteiger partial charge in [-0.1, -0.05) is 6.92 Å². The van der Waals surface area contributed by atoms with Crippen molar-refractivity contribution in [2.75, 3.05) is 19.5 Å². The molecule has 0 radical (unpaired) electrons. The van der Waals surface area contributed by atoms with Crippen LogP contribution in [0.4, 0.5) is 5.69 Å². The first-order valence-corrected chi connectivity index (χ1v) is 5.33. The topological polar surface area (TPSA) is 67.8 Å². The minimum Gasteiger partial charge on any atom is -0.497 e. The number of methoxy groups -OCH3 is 2. The monoisotopic (exact) mass is 239 g/mol. The van der Waals surface area contributed by atoms with Crippen LogP contribution in [0.25, 0.3) is 0 Å². The van der Waals surface area contributed by atoms with Crippen molar-refractivity contribution < 1.29 is 19.4 Å². The summed E-state index contributed by atoms with van der Waals surface area (Å²) in [6, 6.07) is 4.57. The predicted molar refractivity (Wildman–Crippen MR) is 64.9 cm³/mol. The first-order valence-electron chi connectivity index (χ1n) is 5.33. The van der Waals surface area contributed by atoms with E-state index in [4.69, 9.17) is 14.6 Å². The maximum absolute atomic E-state index is 10.9. The smallest absolute Gasteiger partial charge is 0.326 e. The standard InChI is InChI=1S/C12H17NO4/c1-4-9(12(14)15)13-10-6-5-8(16-2)7-11(10)17-3/h5-7,9,13H,4H2,1-3H3,(H,14,15)/t9-/m1/s1. The number of anilines is 1. The predicted octanol–water partition coefficient (Wildman–Crippen LogP) is 1.98. The number of carbonyl (C=O) groups is 1. The van der Waals surface area contributed by atoms with Gasteiger partial charge in [0, 0.05) is 6.07 Å². The van der Waals surface area contributed by atoms with Crippen LogP contribution in [0.1, 0.15) is 13.3 Å². The van der Waals surface area contributed by atoms with Gasteiger partial charge in [0.25, 0.3) is 0 Å². The molecule has 94 valence electrons. The molecule has 0 unspecified atom stereocenters. The number of carboxylic acid groups (broad SMARTS) is 1. The van der Waals surface area contributed by atoms with E-state index in [0.717, 1.165) is 0 Å². The maximum atomic E-state index is 10.9. The highest BCUT2D eigenvalue weighted by atomic mass is 16.5. The fraction of sp³-hybridized carbons (Fsp3) is 0.417. The average Bonchev–Trinajstić information content (AvgIpc) is 2.35. The minimum absolute atomic E-state index is 0.491. The Kier molecular flexibility index (Phi) is 4.63. The van der Waals surface area contributed by atoms with E-state index in [0.29, 0.717) is 23.6 Å². The Hall–Kier alpha value is -1.91. The highest BCUT2D eigenvalue weighted by molar-refractivity contribution is 5.78. The van der Waals surface area contributed by atoms with Gasteiger partial charge >= 0.3 is 5.97 Å². The molecule has 2 N–H and O–H groups in total. The largest absolute Gasteiger partial charge is 0.497 e. The van der Waals surface area contributed by atoms with Crippen molar-refractivity contribution >= 4 is 11.7 Å². The molecule has 0 aromatic heterocycles. The summed E-state index contributed by atoms with van der Waals surface area (Å²) in [5.41, 5.74) is 0.641. The molecule has 0 amide bonds. The molecule has 0 aliphatic carbocycles. The lowest BCUT2D eigenvalue weighted by Crippen LogP contribution is -2.28. The number of benzene rings is 1. The van der Waals surface area contributed by atoms with Crippen LogP contribution in [0, 0.1) is 0 Å². The van der Waals surface area contributed by atoms with Gasteiger partial charge in [-0.15, -0.1) is 0 Å². The summed E-state index contributed by atoms with van der Waals surface area (Å²) >= 11 is 0. The fourth-order valence-corrected chi connectivity index (χ4v) is 1.44. The van der Waals surface area contributed by atoms with Crippen molar-refractivity contribution in [1.82, 2.24) is 0 Å². The Bertz CT molecular complexity index is 392. The van der Waals surface area contributed by atoms with Gasteiger partial charge in [-0.3, -0.25) is 0 Å². The van der Waals surface area contributed by atoms with Gasteiger partial charge in [0.2, 0.25) is 0 Å². The normalized spacial score (nSPS) is 11.7. The van der Waals surface area contributed by atoms with E-state index in [-0.39, 0.29) is 0 Å². The van der Waals surface area contributed by atoms with Crippen molar-refractivity contribution in [1.29, 1.82) is 0 Å². The molecule has 0 spiro atoms. The first kappa shape index (κ1) is 13.2. The van der Waals surface area contributed by atoms with Crippen LogP contribution >= 0.6 is 0 Å². The van der Waals surface area contributed by atoms with E-state index >= 15 is 0 Å². The van der Waals surface area contributed by atoms with E-state index in [2.05, 4.69) is 5.32 Å². The molecule has 5 nitrogen and oxygen atoms in total. The highest BCUT2D eigenvalue weighted by Crippen LogP contribution is 2.29. The van der Waals surface area contributed by atoms with Gasteiger partial charge in [-0.2, -0.15) is 0 Å². The summed E-state index contributed by atoms with van der Waals surface area (Å²) in [4.78, 5) is 10.9. The van der Waals surface area contributed by atoms with E-state index in [1.807, 2.05) is 6.92 Å². The highest BCUT2D eigenvalue weighted by Gasteiger charge is 2.16. The summed E-state index contributed by atoms with van der Waals surface area (Å²) < 4.78 is 10.2. The van der Waals surface area contributed by atoms with E-state index < -0.39 is 12.0 Å². The molecule has 5 heteroatoms. The van der Waals surface area contributed by atoms with Gasteiger partial charge in [0.15, 0.2) is 0 Å². The van der Waals surface area contributed by atoms with Crippen LogP contribution in [0.3, 0.4) is 0 Å². The van der Waals surface area contributed by atoms with Crippen molar-refractivity contribution in [2.45, 2.75) is 19.4 Å². The molecule has 1 rings (SSSR count). The third-order valence-corrected chi connectivity index (χ3v) is 2.44. The second-order valence-corrected chi connectivity index (χ2v) is 3.51. The number of hydrogen-bond donors (Lipinski definition) is 2. The molecule has 1 aromatic rings. The zero-order chi connectivity index (χ0) is 12.8. The van der Waals surface area contributed by atoms with Gasteiger partial charge in [-0.25, -0.2) is 4.79 Å². The molecule has 0 fully saturated rings. The Labute approximate surface area is 100 Å². The molecular weight excluding hydrogens is 222 g/mol. The third kappa shape index (κ3) is 3.27. The van der Waals surface area contributed by atoms with Crippen molar-refractivity contribution in [3.8, 4) is 11.5 Å². The Morgan fingerprint density at radius 1 is 1.41 bits per heavy atom. The summed E-state index contributed by atoms with van der Waals surface area (Å²) in [5, 5.41) is 11.9. The van der Waals surface area contributed by atoms with Crippen LogP contribution in [-0.2, 0) is 4.79 Å². The second kappa shape index (κ2) is 5.98. The number of hydrogen-bond acceptors (Lipinski definition) is 4. The van der Waals surface area contributed by atoms with Crippen molar-refractivity contribution in [3.05, 3.63) is 18.2 Å². The third-order valence-electron chi connectivity index (χ3n) is 2.44. The zero-order valence-electron chi connectivity index (χ0n) is 10.2. The zero-order valence-corrected chi connectivity index (χ0v) is 10.2. The molecule has 0 bridgehead atoms. The van der Waals surface area contributed by atoms with Gasteiger partial charge in [0.1, 0.15) is 17.5 Å². The van der Waals surface area contributed by atoms with Crippen molar-refractivity contribution in [2.24, 2.45) is 0 Å². The summed E-state index contributed by atoms with van der Waals surface area (Å²) in [5.74, 6) is 0.338. The number of rotatable bonds is 6. The molecule has 0 saturated carbocycles. The molecule has 17 heavy (non-hydrogen) atoms. The summed E-state index contributed by atoms with van der Waals surface area (Å²) in [6.07, 6.45) is 0.491. The van der Waals surface area contributed by atoms with Gasteiger partial charge in [-0.05, 0) is 18.6 Å².